The number of carbonyl (C=O) groups is 2. The molecule has 7 nitrogen and oxygen atoms in total. The van der Waals surface area contributed by atoms with E-state index in [2.05, 4.69) is 4.74 Å². The lowest BCUT2D eigenvalue weighted by molar-refractivity contribution is -0.274. The van der Waals surface area contributed by atoms with E-state index in [1.165, 1.54) is 24.3 Å². The number of hydrogen-bond acceptors (Lipinski definition) is 6. The van der Waals surface area contributed by atoms with Gasteiger partial charge >= 0.3 is 6.36 Å². The van der Waals surface area contributed by atoms with Crippen LogP contribution in [-0.2, 0) is 9.59 Å². The van der Waals surface area contributed by atoms with Crippen LogP contribution in [0.5, 0.6) is 11.5 Å². The van der Waals surface area contributed by atoms with E-state index in [1.807, 2.05) is 6.92 Å². The Labute approximate surface area is 204 Å². The molecule has 1 aliphatic rings. The maximum atomic E-state index is 13.2. The van der Waals surface area contributed by atoms with Crippen LogP contribution in [-0.4, -0.2) is 29.8 Å². The molecule has 4 rings (SSSR count). The Morgan fingerprint density at radius 2 is 1.78 bits per heavy atom. The molecule has 1 atom stereocenters. The zero-order valence-corrected chi connectivity index (χ0v) is 19.3. The Morgan fingerprint density at radius 1 is 1.06 bits per heavy atom. The molecule has 0 spiro atoms. The third-order valence-electron chi connectivity index (χ3n) is 5.38. The standard InChI is InChI=1S/C26H22F3NO6/c1-3-12-34-18-8-4-6-16(13-18)23(31)21-22(20-11-10-15(2)35-20)30(25(33)24(21)32)17-7-5-9-19(14-17)36-26(27,28)29/h4-11,13-14,22,31H,3,12H2,1-2H3/b23-21-. The fraction of sp³-hybridized carbons (Fsp3) is 0.231. The Balaban J connectivity index is 1.85. The van der Waals surface area contributed by atoms with Crippen LogP contribution >= 0.6 is 0 Å². The van der Waals surface area contributed by atoms with Crippen LogP contribution in [0.4, 0.5) is 18.9 Å². The summed E-state index contributed by atoms with van der Waals surface area (Å²) in [7, 11) is 0. The molecule has 0 bridgehead atoms. The Kier molecular flexibility index (Phi) is 6.78. The van der Waals surface area contributed by atoms with Gasteiger partial charge in [0.1, 0.15) is 34.8 Å². The molecule has 2 heterocycles. The minimum absolute atomic E-state index is 0.0445. The van der Waals surface area contributed by atoms with Gasteiger partial charge in [-0.1, -0.05) is 25.1 Å². The summed E-state index contributed by atoms with van der Waals surface area (Å²) in [5.41, 5.74) is -0.0925. The fourth-order valence-electron chi connectivity index (χ4n) is 3.91. The van der Waals surface area contributed by atoms with Crippen LogP contribution in [0.15, 0.2) is 70.7 Å². The molecule has 2 aromatic carbocycles. The summed E-state index contributed by atoms with van der Waals surface area (Å²) in [5, 5.41) is 11.2. The van der Waals surface area contributed by atoms with Crippen LogP contribution in [0.1, 0.15) is 36.5 Å². The van der Waals surface area contributed by atoms with Crippen molar-refractivity contribution in [2.24, 2.45) is 0 Å². The van der Waals surface area contributed by atoms with Crippen molar-refractivity contribution in [3.63, 3.8) is 0 Å². The first-order chi connectivity index (χ1) is 17.1. The average molecular weight is 501 g/mol. The van der Waals surface area contributed by atoms with Crippen molar-refractivity contribution in [3.05, 3.63) is 83.3 Å². The fourth-order valence-corrected chi connectivity index (χ4v) is 3.91. The topological polar surface area (TPSA) is 89.2 Å². The van der Waals surface area contributed by atoms with E-state index in [-0.39, 0.29) is 22.6 Å². The molecule has 188 valence electrons. The summed E-state index contributed by atoms with van der Waals surface area (Å²) in [6.07, 6.45) is -4.19. The number of hydrogen-bond donors (Lipinski definition) is 1. The van der Waals surface area contributed by atoms with Gasteiger partial charge in [-0.15, -0.1) is 13.2 Å². The van der Waals surface area contributed by atoms with Crippen molar-refractivity contribution in [2.45, 2.75) is 32.7 Å². The lowest BCUT2D eigenvalue weighted by Crippen LogP contribution is -2.29. The molecule has 10 heteroatoms. The number of anilines is 1. The molecule has 0 aliphatic carbocycles. The SMILES string of the molecule is CCCOc1cccc(/C(O)=C2/C(=O)C(=O)N(c3cccc(OC(F)(F)F)c3)C2c2ccc(C)o2)c1. The predicted molar refractivity (Wildman–Crippen MR) is 124 cm³/mol. The number of ketones is 1. The Bertz CT molecular complexity index is 1330. The Morgan fingerprint density at radius 3 is 2.44 bits per heavy atom. The third kappa shape index (κ3) is 5.07. The lowest BCUT2D eigenvalue weighted by Gasteiger charge is -2.24. The van der Waals surface area contributed by atoms with E-state index < -0.39 is 35.6 Å². The van der Waals surface area contributed by atoms with E-state index in [0.29, 0.717) is 18.1 Å². The molecule has 0 saturated carbocycles. The van der Waals surface area contributed by atoms with E-state index >= 15 is 0 Å². The average Bonchev–Trinajstić information content (AvgIpc) is 3.37. The maximum absolute atomic E-state index is 13.2. The molecule has 36 heavy (non-hydrogen) atoms. The van der Waals surface area contributed by atoms with Gasteiger partial charge in [0, 0.05) is 17.3 Å². The smallest absolute Gasteiger partial charge is 0.507 e. The summed E-state index contributed by atoms with van der Waals surface area (Å²) in [6, 6.07) is 13.0. The van der Waals surface area contributed by atoms with Crippen molar-refractivity contribution in [3.8, 4) is 11.5 Å². The van der Waals surface area contributed by atoms with Gasteiger partial charge in [-0.25, -0.2) is 0 Å². The summed E-state index contributed by atoms with van der Waals surface area (Å²) in [5.74, 6) is -2.03. The van der Waals surface area contributed by atoms with Crippen molar-refractivity contribution in [1.82, 2.24) is 0 Å². The number of amides is 1. The number of aliphatic hydroxyl groups excluding tert-OH is 1. The second-order valence-electron chi connectivity index (χ2n) is 8.04. The summed E-state index contributed by atoms with van der Waals surface area (Å²) >= 11 is 0. The molecule has 1 fully saturated rings. The van der Waals surface area contributed by atoms with Gasteiger partial charge in [-0.2, -0.15) is 0 Å². The number of halogens is 3. The monoisotopic (exact) mass is 501 g/mol. The second kappa shape index (κ2) is 9.80. The number of aryl methyl sites for hydroxylation is 1. The summed E-state index contributed by atoms with van der Waals surface area (Å²) in [6.45, 7) is 4.03. The second-order valence-corrected chi connectivity index (χ2v) is 8.04. The number of furan rings is 1. The number of carbonyl (C=O) groups excluding carboxylic acids is 2. The minimum Gasteiger partial charge on any atom is -0.507 e. The van der Waals surface area contributed by atoms with E-state index in [9.17, 15) is 27.9 Å². The highest BCUT2D eigenvalue weighted by molar-refractivity contribution is 6.51. The summed E-state index contributed by atoms with van der Waals surface area (Å²) in [4.78, 5) is 27.3. The number of aliphatic hydroxyl groups is 1. The highest BCUT2D eigenvalue weighted by atomic mass is 19.4. The van der Waals surface area contributed by atoms with Gasteiger partial charge in [0.25, 0.3) is 11.7 Å². The number of rotatable bonds is 7. The Hall–Kier alpha value is -4.21. The number of alkyl halides is 3. The van der Waals surface area contributed by atoms with Crippen LogP contribution in [0.2, 0.25) is 0 Å². The maximum Gasteiger partial charge on any atom is 0.573 e. The quantitative estimate of drug-likeness (QED) is 0.246. The number of ether oxygens (including phenoxy) is 2. The molecule has 0 radical (unpaired) electrons. The first kappa shape index (κ1) is 24.9. The molecule has 3 aromatic rings. The number of nitrogens with zero attached hydrogens (tertiary/aromatic N) is 1. The predicted octanol–water partition coefficient (Wildman–Crippen LogP) is 5.90. The van der Waals surface area contributed by atoms with Crippen molar-refractivity contribution in [2.75, 3.05) is 11.5 Å². The van der Waals surface area contributed by atoms with Gasteiger partial charge in [0.05, 0.1) is 12.2 Å². The lowest BCUT2D eigenvalue weighted by atomic mass is 9.99. The van der Waals surface area contributed by atoms with Gasteiger partial charge in [0.2, 0.25) is 0 Å². The highest BCUT2D eigenvalue weighted by Gasteiger charge is 2.48. The zero-order valence-electron chi connectivity index (χ0n) is 19.3. The van der Waals surface area contributed by atoms with Gasteiger partial charge in [-0.05, 0) is 49.7 Å². The van der Waals surface area contributed by atoms with Crippen LogP contribution in [0.3, 0.4) is 0 Å². The van der Waals surface area contributed by atoms with Crippen molar-refractivity contribution < 1.29 is 41.8 Å². The molecule has 1 N–H and O–H groups in total. The molecule has 1 amide bonds. The van der Waals surface area contributed by atoms with E-state index in [4.69, 9.17) is 9.15 Å². The van der Waals surface area contributed by atoms with Crippen LogP contribution in [0.25, 0.3) is 5.76 Å². The minimum atomic E-state index is -4.95. The first-order valence-electron chi connectivity index (χ1n) is 11.1. The first-order valence-corrected chi connectivity index (χ1v) is 11.1. The summed E-state index contributed by atoms with van der Waals surface area (Å²) < 4.78 is 53.6. The van der Waals surface area contributed by atoms with E-state index in [1.54, 1.807) is 31.2 Å². The van der Waals surface area contributed by atoms with Gasteiger partial charge < -0.3 is 19.0 Å². The molecule has 1 unspecified atom stereocenters. The van der Waals surface area contributed by atoms with Gasteiger partial charge in [0.15, 0.2) is 0 Å². The zero-order chi connectivity index (χ0) is 26.0. The van der Waals surface area contributed by atoms with Crippen molar-refractivity contribution >= 4 is 23.1 Å². The third-order valence-corrected chi connectivity index (χ3v) is 5.38. The van der Waals surface area contributed by atoms with E-state index in [0.717, 1.165) is 23.5 Å². The van der Waals surface area contributed by atoms with Crippen LogP contribution in [0, 0.1) is 6.92 Å². The highest BCUT2D eigenvalue weighted by Crippen LogP contribution is 2.43. The largest absolute Gasteiger partial charge is 0.573 e. The van der Waals surface area contributed by atoms with Gasteiger partial charge in [-0.3, -0.25) is 14.5 Å². The molecular weight excluding hydrogens is 479 g/mol. The number of Topliss-reactive ketones (excluding diaryl/α,β-unsaturated/α-hetero) is 1. The normalized spacial score (nSPS) is 17.5. The molecular formula is C26H22F3NO6. The number of benzene rings is 2. The molecule has 1 aliphatic heterocycles. The van der Waals surface area contributed by atoms with Crippen LogP contribution < -0.4 is 14.4 Å². The molecule has 1 aromatic heterocycles. The molecule has 1 saturated heterocycles. The van der Waals surface area contributed by atoms with Crippen molar-refractivity contribution in [1.29, 1.82) is 0 Å².